The fraction of sp³-hybridized carbons (Fsp3) is 0.650. The van der Waals surface area contributed by atoms with E-state index in [0.717, 1.165) is 25.8 Å². The average Bonchev–Trinajstić information content (AvgIpc) is 2.89. The van der Waals surface area contributed by atoms with Crippen molar-refractivity contribution in [3.05, 3.63) is 34.9 Å². The van der Waals surface area contributed by atoms with Gasteiger partial charge in [-0.2, -0.15) is 0 Å². The van der Waals surface area contributed by atoms with Crippen molar-refractivity contribution in [3.63, 3.8) is 0 Å². The normalized spacial score (nSPS) is 31.2. The zero-order valence-electron chi connectivity index (χ0n) is 15.4. The quantitative estimate of drug-likeness (QED) is 0.891. The molecule has 0 aromatic heterocycles. The second kappa shape index (κ2) is 6.49. The Balaban J connectivity index is 1.55. The summed E-state index contributed by atoms with van der Waals surface area (Å²) in [7, 11) is 0. The van der Waals surface area contributed by atoms with Gasteiger partial charge in [-0.15, -0.1) is 0 Å². The van der Waals surface area contributed by atoms with Crippen LogP contribution in [-0.2, 0) is 9.53 Å². The zero-order chi connectivity index (χ0) is 17.4. The lowest BCUT2D eigenvalue weighted by Gasteiger charge is -2.44. The summed E-state index contributed by atoms with van der Waals surface area (Å²) in [6.45, 7) is 10.1. The molecule has 3 rings (SSSR count). The molecule has 2 heterocycles. The monoisotopic (exact) mass is 330 g/mol. The third-order valence-electron chi connectivity index (χ3n) is 5.61. The maximum Gasteiger partial charge on any atom is 0.220 e. The van der Waals surface area contributed by atoms with E-state index in [4.69, 9.17) is 4.74 Å². The molecule has 0 radical (unpaired) electrons. The summed E-state index contributed by atoms with van der Waals surface area (Å²) in [6.07, 6.45) is 3.76. The van der Waals surface area contributed by atoms with E-state index in [1.54, 1.807) is 0 Å². The number of hydrogen-bond acceptors (Lipinski definition) is 3. The predicted molar refractivity (Wildman–Crippen MR) is 96.0 cm³/mol. The number of piperidine rings is 1. The molecule has 0 unspecified atom stereocenters. The van der Waals surface area contributed by atoms with Crippen LogP contribution >= 0.6 is 0 Å². The number of hydrogen-bond donors (Lipinski definition) is 2. The van der Waals surface area contributed by atoms with Crippen LogP contribution in [0.2, 0.25) is 0 Å². The van der Waals surface area contributed by atoms with E-state index in [1.165, 1.54) is 16.7 Å². The molecule has 1 aromatic rings. The Kier molecular flexibility index (Phi) is 4.71. The summed E-state index contributed by atoms with van der Waals surface area (Å²) < 4.78 is 6.20. The van der Waals surface area contributed by atoms with Gasteiger partial charge in [0.15, 0.2) is 0 Å². The van der Waals surface area contributed by atoms with Crippen LogP contribution in [0.25, 0.3) is 0 Å². The van der Waals surface area contributed by atoms with Gasteiger partial charge in [-0.3, -0.25) is 4.79 Å². The SMILES string of the molecule is Cc1cc(C)cc([C@@H](C)OC[C@@]2(C)CC[C@]3(CCC(=O)N3)CN2)c1. The first-order valence-corrected chi connectivity index (χ1v) is 9.05. The smallest absolute Gasteiger partial charge is 0.220 e. The number of carbonyl (C=O) groups is 1. The molecule has 0 bridgehead atoms. The van der Waals surface area contributed by atoms with Crippen molar-refractivity contribution in [3.8, 4) is 0 Å². The minimum atomic E-state index is -0.0221. The molecule has 1 aromatic carbocycles. The summed E-state index contributed by atoms with van der Waals surface area (Å²) in [5.74, 6) is 0.195. The van der Waals surface area contributed by atoms with E-state index >= 15 is 0 Å². The van der Waals surface area contributed by atoms with Gasteiger partial charge in [0, 0.05) is 18.5 Å². The first kappa shape index (κ1) is 17.4. The Bertz CT molecular complexity index is 598. The number of carbonyl (C=O) groups excluding carboxylic acids is 1. The van der Waals surface area contributed by atoms with Gasteiger partial charge in [-0.1, -0.05) is 29.3 Å². The highest BCUT2D eigenvalue weighted by Gasteiger charge is 2.44. The molecule has 3 atom stereocenters. The van der Waals surface area contributed by atoms with Gasteiger partial charge in [0.2, 0.25) is 5.91 Å². The first-order valence-electron chi connectivity index (χ1n) is 9.05. The van der Waals surface area contributed by atoms with Crippen LogP contribution < -0.4 is 10.6 Å². The Morgan fingerprint density at radius 1 is 1.17 bits per heavy atom. The van der Waals surface area contributed by atoms with E-state index in [0.29, 0.717) is 13.0 Å². The molecule has 132 valence electrons. The van der Waals surface area contributed by atoms with E-state index in [-0.39, 0.29) is 23.1 Å². The van der Waals surface area contributed by atoms with Crippen molar-refractivity contribution >= 4 is 5.91 Å². The van der Waals surface area contributed by atoms with E-state index < -0.39 is 0 Å². The molecule has 0 saturated carbocycles. The highest BCUT2D eigenvalue weighted by molar-refractivity contribution is 5.79. The fourth-order valence-electron chi connectivity index (χ4n) is 3.94. The summed E-state index contributed by atoms with van der Waals surface area (Å²) in [4.78, 5) is 11.5. The van der Waals surface area contributed by atoms with E-state index in [1.807, 2.05) is 0 Å². The Morgan fingerprint density at radius 2 is 1.88 bits per heavy atom. The van der Waals surface area contributed by atoms with Crippen molar-refractivity contribution in [2.24, 2.45) is 0 Å². The standard InChI is InChI=1S/C20H30N2O2/c1-14-9-15(2)11-17(10-14)16(3)24-13-19(4)7-8-20(12-21-19)6-5-18(23)22-20/h9-11,16,21H,5-8,12-13H2,1-4H3,(H,22,23)/t16-,19-,20-/m1/s1. The molecule has 1 amide bonds. The molecule has 2 aliphatic heterocycles. The molecule has 2 N–H and O–H groups in total. The molecular formula is C20H30N2O2. The lowest BCUT2D eigenvalue weighted by Crippen LogP contribution is -2.62. The van der Waals surface area contributed by atoms with Crippen LogP contribution in [0.15, 0.2) is 18.2 Å². The van der Waals surface area contributed by atoms with E-state index in [2.05, 4.69) is 56.5 Å². The predicted octanol–water partition coefficient (Wildman–Crippen LogP) is 3.17. The fourth-order valence-corrected chi connectivity index (χ4v) is 3.94. The van der Waals surface area contributed by atoms with Crippen molar-refractivity contribution < 1.29 is 9.53 Å². The number of nitrogens with one attached hydrogen (secondary N) is 2. The Morgan fingerprint density at radius 3 is 2.42 bits per heavy atom. The van der Waals surface area contributed by atoms with Gasteiger partial charge in [0.25, 0.3) is 0 Å². The molecule has 2 aliphatic rings. The second-order valence-corrected chi connectivity index (χ2v) is 8.12. The van der Waals surface area contributed by atoms with Gasteiger partial charge >= 0.3 is 0 Å². The molecule has 24 heavy (non-hydrogen) atoms. The lowest BCUT2D eigenvalue weighted by atomic mass is 9.80. The molecule has 4 nitrogen and oxygen atoms in total. The van der Waals surface area contributed by atoms with Gasteiger partial charge in [0.1, 0.15) is 0 Å². The minimum absolute atomic E-state index is 0.0180. The average molecular weight is 330 g/mol. The van der Waals surface area contributed by atoms with Crippen LogP contribution in [-0.4, -0.2) is 30.1 Å². The number of ether oxygens (including phenoxy) is 1. The van der Waals surface area contributed by atoms with Crippen molar-refractivity contribution in [2.75, 3.05) is 13.2 Å². The number of rotatable bonds is 4. The van der Waals surface area contributed by atoms with Crippen molar-refractivity contribution in [2.45, 2.75) is 70.6 Å². The largest absolute Gasteiger partial charge is 0.372 e. The van der Waals surface area contributed by atoms with Crippen LogP contribution in [0.5, 0.6) is 0 Å². The van der Waals surface area contributed by atoms with E-state index in [9.17, 15) is 4.79 Å². The Hall–Kier alpha value is -1.39. The van der Waals surface area contributed by atoms with Gasteiger partial charge < -0.3 is 15.4 Å². The molecule has 0 aliphatic carbocycles. The topological polar surface area (TPSA) is 50.4 Å². The molecule has 1 spiro atoms. The minimum Gasteiger partial charge on any atom is -0.372 e. The second-order valence-electron chi connectivity index (χ2n) is 8.12. The van der Waals surface area contributed by atoms with Gasteiger partial charge in [0.05, 0.1) is 18.2 Å². The highest BCUT2D eigenvalue weighted by atomic mass is 16.5. The number of amides is 1. The summed E-state index contributed by atoms with van der Waals surface area (Å²) in [6, 6.07) is 6.60. The Labute approximate surface area is 145 Å². The summed E-state index contributed by atoms with van der Waals surface area (Å²) >= 11 is 0. The number of benzene rings is 1. The maximum absolute atomic E-state index is 11.5. The summed E-state index contributed by atoms with van der Waals surface area (Å²) in [5, 5.41) is 6.81. The van der Waals surface area contributed by atoms with Crippen LogP contribution in [0.1, 0.15) is 62.3 Å². The van der Waals surface area contributed by atoms with Crippen LogP contribution in [0, 0.1) is 13.8 Å². The molecule has 2 saturated heterocycles. The third kappa shape index (κ3) is 3.81. The van der Waals surface area contributed by atoms with Crippen molar-refractivity contribution in [1.29, 1.82) is 0 Å². The maximum atomic E-state index is 11.5. The third-order valence-corrected chi connectivity index (χ3v) is 5.61. The highest BCUT2D eigenvalue weighted by Crippen LogP contribution is 2.33. The first-order chi connectivity index (χ1) is 11.3. The summed E-state index contributed by atoms with van der Waals surface area (Å²) in [5.41, 5.74) is 3.76. The molecule has 4 heteroatoms. The van der Waals surface area contributed by atoms with Crippen LogP contribution in [0.4, 0.5) is 0 Å². The van der Waals surface area contributed by atoms with Crippen molar-refractivity contribution in [1.82, 2.24) is 10.6 Å². The van der Waals surface area contributed by atoms with Gasteiger partial charge in [-0.05, 0) is 52.5 Å². The molecular weight excluding hydrogens is 300 g/mol. The van der Waals surface area contributed by atoms with Gasteiger partial charge in [-0.25, -0.2) is 0 Å². The molecule has 2 fully saturated rings. The number of aryl methyl sites for hydroxylation is 2. The zero-order valence-corrected chi connectivity index (χ0v) is 15.4. The van der Waals surface area contributed by atoms with Crippen LogP contribution in [0.3, 0.4) is 0 Å². The lowest BCUT2D eigenvalue weighted by molar-refractivity contribution is -0.120.